The Bertz CT molecular complexity index is 2500. The fourth-order valence-electron chi connectivity index (χ4n) is 8.84. The first-order valence-corrected chi connectivity index (χ1v) is 22.7. The molecule has 0 radical (unpaired) electrons. The van der Waals surface area contributed by atoms with E-state index in [1.807, 2.05) is 2.31 Å². The summed E-state index contributed by atoms with van der Waals surface area (Å²) in [5.74, 6) is -71.4. The Morgan fingerprint density at radius 2 is 0.409 bits per heavy atom. The van der Waals surface area contributed by atoms with Gasteiger partial charge in [-0.3, -0.25) is 0 Å². The summed E-state index contributed by atoms with van der Waals surface area (Å²) in [5.41, 5.74) is -4.18. The molecule has 0 heterocycles. The molecule has 0 aliphatic heterocycles. The van der Waals surface area contributed by atoms with Crippen LogP contribution in [0.2, 0.25) is 0 Å². The molecule has 2 aliphatic rings. The zero-order valence-electron chi connectivity index (χ0n) is 35.7. The number of hydrogen-bond acceptors (Lipinski definition) is 0. The molecule has 0 aromatic heterocycles. The van der Waals surface area contributed by atoms with Gasteiger partial charge in [0, 0.05) is 0 Å². The summed E-state index contributed by atoms with van der Waals surface area (Å²) in [6, 6.07) is 0. The van der Waals surface area contributed by atoms with Crippen molar-refractivity contribution in [2.75, 3.05) is 0 Å². The van der Waals surface area contributed by atoms with Crippen LogP contribution < -0.4 is 21.9 Å². The normalized spacial score (nSPS) is 16.0. The molecule has 0 unspecified atom stereocenters. The predicted octanol–water partition coefficient (Wildman–Crippen LogP) is 12.2. The minimum absolute atomic E-state index is 0.303. The van der Waals surface area contributed by atoms with Crippen molar-refractivity contribution in [2.45, 2.75) is 69.2 Å². The zero-order chi connectivity index (χ0) is 50.7. The topological polar surface area (TPSA) is 0 Å². The van der Waals surface area contributed by atoms with Crippen LogP contribution in [0, 0.1) is 164 Å². The largest absolute Gasteiger partial charge is 0.207 e. The van der Waals surface area contributed by atoms with Gasteiger partial charge in [-0.15, -0.1) is 21.9 Å². The molecule has 0 atom stereocenters. The van der Waals surface area contributed by atoms with E-state index in [0.29, 0.717) is 10.8 Å². The van der Waals surface area contributed by atoms with E-state index < -0.39 is 181 Å². The molecule has 0 fully saturated rings. The number of allylic oxidation sites excluding steroid dienone is 8. The van der Waals surface area contributed by atoms with Crippen molar-refractivity contribution in [1.29, 1.82) is 0 Å². The maximum atomic E-state index is 15.4. The minimum Gasteiger partial charge on any atom is -0.207 e. The molecule has 0 nitrogen and oxygen atoms in total. The zero-order valence-corrected chi connectivity index (χ0v) is 39.4. The third kappa shape index (κ3) is 7.36. The summed E-state index contributed by atoms with van der Waals surface area (Å²) in [4.78, 5) is 0. The van der Waals surface area contributed by atoms with Gasteiger partial charge in [0.2, 0.25) is 0 Å². The van der Waals surface area contributed by atoms with Gasteiger partial charge in [0.15, 0.2) is 69.8 Å². The Morgan fingerprint density at radius 3 is 0.545 bits per heavy atom. The summed E-state index contributed by atoms with van der Waals surface area (Å²) >= 11 is -1.15. The van der Waals surface area contributed by atoms with Crippen LogP contribution in [0.3, 0.4) is 0 Å². The van der Waals surface area contributed by atoms with Gasteiger partial charge in [0.05, 0.1) is 0 Å². The molecule has 0 bridgehead atoms. The minimum atomic E-state index is -7.22. The molecule has 0 saturated carbocycles. The molecule has 4 aromatic rings. The SMILES string of the molecule is CC1=C(C)C(C)(C)[C]([Pr+][C]2=C(C)C(C)=C(C)C2(C)C)=C1C.Fc1c(F)c(F)c([B-](c2c(F)c(F)c(F)c(F)c2F)(c2c(F)c(F)c(F)c(F)c2F)c2c(F)c(F)c(F)c(F)c2F)c(F)c1F. The van der Waals surface area contributed by atoms with Crippen molar-refractivity contribution in [3.05, 3.63) is 152 Å². The van der Waals surface area contributed by atoms with E-state index in [0.717, 1.165) is 0 Å². The molecular weight excluding hydrogens is 1060 g/mol. The van der Waals surface area contributed by atoms with E-state index in [2.05, 4.69) is 69.2 Å². The fourth-order valence-corrected chi connectivity index (χ4v) is 16.3. The van der Waals surface area contributed by atoms with E-state index in [1.165, 1.54) is 0 Å². The van der Waals surface area contributed by atoms with Crippen LogP contribution in [0.25, 0.3) is 0 Å². The molecule has 0 amide bonds. The summed E-state index contributed by atoms with van der Waals surface area (Å²) in [7, 11) is 0. The van der Waals surface area contributed by atoms with Crippen LogP contribution in [-0.2, 0) is 0 Å². The Hall–Kier alpha value is -4.13. The smallest absolute Gasteiger partial charge is 0.200 e. The molecule has 22 heteroatoms. The van der Waals surface area contributed by atoms with Crippen molar-refractivity contribution < 1.29 is 125 Å². The molecule has 4 aromatic carbocycles. The molecule has 2 aliphatic carbocycles. The average Bonchev–Trinajstić information content (AvgIpc) is 3.50. The average molecular weight is 1090 g/mol. The van der Waals surface area contributed by atoms with Gasteiger partial charge >= 0.3 is 153 Å². The predicted molar refractivity (Wildman–Crippen MR) is 199 cm³/mol. The first-order valence-electron chi connectivity index (χ1n) is 19.0. The number of halogens is 20. The first kappa shape index (κ1) is 52.8. The van der Waals surface area contributed by atoms with Gasteiger partial charge in [0.25, 0.3) is 0 Å². The van der Waals surface area contributed by atoms with Crippen LogP contribution >= 0.6 is 0 Å². The van der Waals surface area contributed by atoms with Crippen molar-refractivity contribution in [2.24, 2.45) is 10.8 Å². The quantitative estimate of drug-likeness (QED) is 0.0781. The Morgan fingerprint density at radius 1 is 0.258 bits per heavy atom. The van der Waals surface area contributed by atoms with Crippen molar-refractivity contribution in [3.8, 4) is 0 Å². The van der Waals surface area contributed by atoms with Crippen LogP contribution in [0.5, 0.6) is 0 Å². The fraction of sp³-hybridized carbons (Fsp3) is 0.273. The van der Waals surface area contributed by atoms with E-state index in [1.54, 1.807) is 33.4 Å². The van der Waals surface area contributed by atoms with E-state index in [-0.39, 0.29) is 0 Å². The number of hydrogen-bond donors (Lipinski definition) is 0. The first-order chi connectivity index (χ1) is 30.1. The second kappa shape index (κ2) is 17.7. The third-order valence-electron chi connectivity index (χ3n) is 13.3. The van der Waals surface area contributed by atoms with Gasteiger partial charge < -0.3 is 0 Å². The van der Waals surface area contributed by atoms with E-state index in [4.69, 9.17) is 0 Å². The van der Waals surface area contributed by atoms with Gasteiger partial charge in [-0.2, -0.15) is 0 Å². The third-order valence-corrected chi connectivity index (χ3v) is 22.5. The van der Waals surface area contributed by atoms with Crippen LogP contribution in [-0.4, -0.2) is 6.15 Å². The standard InChI is InChI=1S/C24BF20.2C10H15.Pr/c26-5-1(6(27)14(35)21(42)13(5)34)25(2-7(28)15(36)22(43)16(37)8(2)29,3-9(30)17(38)23(44)18(39)10(3)31)4-11(32)19(40)24(45)20(41)12(4)33;2*1-7-6-10(4,5)9(3)8(7)2;/h;2*1-5H3;/q-1;;;+1. The molecule has 66 heavy (non-hydrogen) atoms. The van der Waals surface area contributed by atoms with E-state index in [9.17, 15) is 52.7 Å². The van der Waals surface area contributed by atoms with Crippen LogP contribution in [0.4, 0.5) is 87.8 Å². The molecule has 6 rings (SSSR count). The van der Waals surface area contributed by atoms with Gasteiger partial charge in [-0.05, 0) is 0 Å². The summed E-state index contributed by atoms with van der Waals surface area (Å²) in [5, 5.41) is 0. The molecular formula is C44H30BF20Pr. The van der Waals surface area contributed by atoms with Crippen LogP contribution in [0.15, 0.2) is 35.8 Å². The van der Waals surface area contributed by atoms with Gasteiger partial charge in [-0.25, -0.2) is 87.8 Å². The second-order valence-electron chi connectivity index (χ2n) is 16.8. The van der Waals surface area contributed by atoms with Gasteiger partial charge in [-0.1, -0.05) is 0 Å². The molecule has 0 spiro atoms. The summed E-state index contributed by atoms with van der Waals surface area (Å²) in [6.45, 7) is 23.8. The van der Waals surface area contributed by atoms with Gasteiger partial charge in [0.1, 0.15) is 52.7 Å². The monoisotopic (exact) mass is 1090 g/mol. The number of benzene rings is 4. The van der Waals surface area contributed by atoms with Crippen molar-refractivity contribution in [1.82, 2.24) is 0 Å². The Kier molecular flexibility index (Phi) is 14.2. The summed E-state index contributed by atoms with van der Waals surface area (Å²) < 4.78 is 298. The molecule has 352 valence electrons. The van der Waals surface area contributed by atoms with Crippen LogP contribution in [0.1, 0.15) is 69.2 Å². The molecule has 0 N–H and O–H groups in total. The maximum absolute atomic E-state index is 15.4. The summed E-state index contributed by atoms with van der Waals surface area (Å²) in [6.07, 6.45) is -7.22. The van der Waals surface area contributed by atoms with E-state index >= 15 is 35.1 Å². The Labute approximate surface area is 383 Å². The Balaban J connectivity index is 0.000000324. The van der Waals surface area contributed by atoms with Crippen molar-refractivity contribution >= 4 is 28.0 Å². The molecule has 0 saturated heterocycles. The maximum Gasteiger partial charge on any atom is 0.200 e. The second-order valence-corrected chi connectivity index (χ2v) is 21.4. The number of rotatable bonds is 6. The van der Waals surface area contributed by atoms with Crippen molar-refractivity contribution in [3.63, 3.8) is 0 Å².